The van der Waals surface area contributed by atoms with Crippen molar-refractivity contribution in [3.8, 4) is 5.88 Å². The van der Waals surface area contributed by atoms with Crippen LogP contribution in [0.5, 0.6) is 5.88 Å². The summed E-state index contributed by atoms with van der Waals surface area (Å²) in [6.45, 7) is 0. The molecule has 3 aromatic rings. The molecule has 0 bridgehead atoms. The lowest BCUT2D eigenvalue weighted by Crippen LogP contribution is -2.37. The maximum Gasteiger partial charge on any atom is 0.332 e. The summed E-state index contributed by atoms with van der Waals surface area (Å²) in [7, 11) is 4.41. The number of ether oxygens (including phenoxy) is 1. The van der Waals surface area contributed by atoms with Gasteiger partial charge in [0.15, 0.2) is 11.2 Å². The average molecular weight is 350 g/mol. The number of aromatic nitrogens is 4. The average Bonchev–Trinajstić information content (AvgIpc) is 2.68. The van der Waals surface area contributed by atoms with Crippen LogP contribution in [0.4, 0.5) is 0 Å². The molecule has 0 saturated heterocycles. The molecule has 0 fully saturated rings. The van der Waals surface area contributed by atoms with E-state index in [1.807, 2.05) is 42.5 Å². The minimum Gasteiger partial charge on any atom is -0.479 e. The van der Waals surface area contributed by atoms with Crippen molar-refractivity contribution in [1.29, 1.82) is 0 Å². The Morgan fingerprint density at radius 2 is 1.65 bits per heavy atom. The van der Waals surface area contributed by atoms with Crippen molar-refractivity contribution in [3.63, 3.8) is 0 Å². The van der Waals surface area contributed by atoms with Crippen molar-refractivity contribution in [2.45, 2.75) is 0 Å². The molecule has 0 aliphatic rings. The number of methoxy groups -OCH3 is 1. The van der Waals surface area contributed by atoms with Gasteiger partial charge in [0.1, 0.15) is 5.69 Å². The molecule has 0 N–H and O–H groups in total. The summed E-state index contributed by atoms with van der Waals surface area (Å²) >= 11 is 0. The van der Waals surface area contributed by atoms with Gasteiger partial charge in [0.25, 0.3) is 5.56 Å². The van der Waals surface area contributed by atoms with Crippen LogP contribution in [0, 0.1) is 0 Å². The molecule has 7 heteroatoms. The number of fused-ring (bicyclic) bond motifs is 1. The van der Waals surface area contributed by atoms with Crippen LogP contribution in [0.2, 0.25) is 0 Å². The van der Waals surface area contributed by atoms with Gasteiger partial charge in [-0.2, -0.15) is 4.98 Å². The van der Waals surface area contributed by atoms with Crippen LogP contribution < -0.4 is 16.0 Å². The smallest absolute Gasteiger partial charge is 0.332 e. The van der Waals surface area contributed by atoms with Crippen LogP contribution in [0.1, 0.15) is 11.3 Å². The molecule has 132 valence electrons. The Morgan fingerprint density at radius 3 is 2.35 bits per heavy atom. The zero-order valence-corrected chi connectivity index (χ0v) is 14.7. The zero-order chi connectivity index (χ0) is 18.7. The predicted molar refractivity (Wildman–Crippen MR) is 101 cm³/mol. The van der Waals surface area contributed by atoms with Crippen molar-refractivity contribution < 1.29 is 4.74 Å². The number of hydrogen-bond donors (Lipinski definition) is 0. The Labute approximate surface area is 149 Å². The Bertz CT molecular complexity index is 1130. The van der Waals surface area contributed by atoms with Crippen LogP contribution in [0.25, 0.3) is 23.3 Å². The van der Waals surface area contributed by atoms with Crippen molar-refractivity contribution in [2.24, 2.45) is 14.1 Å². The summed E-state index contributed by atoms with van der Waals surface area (Å²) in [5.74, 6) is 0.241. The van der Waals surface area contributed by atoms with E-state index >= 15 is 0 Å². The fraction of sp³-hybridized carbons (Fsp3) is 0.158. The first-order chi connectivity index (χ1) is 12.5. The van der Waals surface area contributed by atoms with Crippen LogP contribution in [0.3, 0.4) is 0 Å². The van der Waals surface area contributed by atoms with E-state index in [4.69, 9.17) is 4.74 Å². The molecule has 0 radical (unpaired) electrons. The van der Waals surface area contributed by atoms with Gasteiger partial charge in [0.2, 0.25) is 5.88 Å². The fourth-order valence-electron chi connectivity index (χ4n) is 2.50. The van der Waals surface area contributed by atoms with Gasteiger partial charge >= 0.3 is 5.69 Å². The van der Waals surface area contributed by atoms with E-state index in [0.717, 1.165) is 10.1 Å². The lowest BCUT2D eigenvalue weighted by Gasteiger charge is -2.09. The van der Waals surface area contributed by atoms with Gasteiger partial charge in [-0.1, -0.05) is 48.6 Å². The third-order valence-electron chi connectivity index (χ3n) is 3.92. The van der Waals surface area contributed by atoms with Gasteiger partial charge in [0.05, 0.1) is 7.11 Å². The lowest BCUT2D eigenvalue weighted by atomic mass is 10.2. The highest BCUT2D eigenvalue weighted by Gasteiger charge is 2.15. The first-order valence-corrected chi connectivity index (χ1v) is 7.94. The molecule has 3 rings (SSSR count). The SMILES string of the molecule is COc1nc2c(nc1/C=C/C=C/c1ccccc1)c(=O)n(C)c(=O)n2C. The standard InChI is InChI=1S/C19H18N4O3/c1-22-16-15(18(24)23(2)19(22)25)20-14(17(21-16)26-3)12-8-7-11-13-9-5-4-6-10-13/h4-12H,1-3H3/b11-7+,12-8+. The summed E-state index contributed by atoms with van der Waals surface area (Å²) in [5.41, 5.74) is 0.820. The van der Waals surface area contributed by atoms with E-state index in [1.54, 1.807) is 12.2 Å². The van der Waals surface area contributed by atoms with Crippen molar-refractivity contribution in [2.75, 3.05) is 7.11 Å². The Morgan fingerprint density at radius 1 is 0.962 bits per heavy atom. The first kappa shape index (κ1) is 17.3. The van der Waals surface area contributed by atoms with E-state index in [0.29, 0.717) is 5.69 Å². The topological polar surface area (TPSA) is 79.0 Å². The third-order valence-corrected chi connectivity index (χ3v) is 3.92. The number of benzene rings is 1. The monoisotopic (exact) mass is 350 g/mol. The van der Waals surface area contributed by atoms with Crippen LogP contribution >= 0.6 is 0 Å². The third kappa shape index (κ3) is 3.19. The minimum atomic E-state index is -0.493. The van der Waals surface area contributed by atoms with Gasteiger partial charge < -0.3 is 4.74 Å². The van der Waals surface area contributed by atoms with E-state index < -0.39 is 11.2 Å². The van der Waals surface area contributed by atoms with E-state index in [-0.39, 0.29) is 17.0 Å². The second-order valence-electron chi connectivity index (χ2n) is 5.63. The highest BCUT2D eigenvalue weighted by molar-refractivity contribution is 5.72. The number of rotatable bonds is 4. The molecule has 0 spiro atoms. The molecule has 7 nitrogen and oxygen atoms in total. The van der Waals surface area contributed by atoms with Crippen LogP contribution in [0.15, 0.2) is 52.1 Å². The van der Waals surface area contributed by atoms with E-state index in [2.05, 4.69) is 9.97 Å². The predicted octanol–water partition coefficient (Wildman–Crippen LogP) is 1.76. The van der Waals surface area contributed by atoms with Gasteiger partial charge in [0, 0.05) is 14.1 Å². The highest BCUT2D eigenvalue weighted by Crippen LogP contribution is 2.17. The summed E-state index contributed by atoms with van der Waals surface area (Å²) < 4.78 is 7.54. The molecule has 0 unspecified atom stereocenters. The Balaban J connectivity index is 2.05. The quantitative estimate of drug-likeness (QED) is 0.670. The number of allylic oxidation sites excluding steroid dienone is 2. The van der Waals surface area contributed by atoms with Gasteiger partial charge in [-0.05, 0) is 11.6 Å². The molecule has 26 heavy (non-hydrogen) atoms. The molecule has 0 saturated carbocycles. The molecule has 2 aromatic heterocycles. The van der Waals surface area contributed by atoms with Gasteiger partial charge in [-0.25, -0.2) is 9.78 Å². The summed E-state index contributed by atoms with van der Waals surface area (Å²) in [6.07, 6.45) is 7.30. The highest BCUT2D eigenvalue weighted by atomic mass is 16.5. The van der Waals surface area contributed by atoms with Crippen molar-refractivity contribution >= 4 is 23.3 Å². The molecule has 0 amide bonds. The van der Waals surface area contributed by atoms with Gasteiger partial charge in [-0.3, -0.25) is 13.9 Å². The summed E-state index contributed by atoms with van der Waals surface area (Å²) in [4.78, 5) is 33.0. The fourth-order valence-corrected chi connectivity index (χ4v) is 2.50. The number of aryl methyl sites for hydroxylation is 1. The summed E-state index contributed by atoms with van der Waals surface area (Å²) in [5, 5.41) is 0. The molecule has 1 aromatic carbocycles. The Hall–Kier alpha value is -3.48. The van der Waals surface area contributed by atoms with Crippen LogP contribution in [-0.4, -0.2) is 26.2 Å². The molecule has 0 aliphatic heterocycles. The normalized spacial score (nSPS) is 11.7. The molecule has 0 atom stereocenters. The second-order valence-corrected chi connectivity index (χ2v) is 5.63. The zero-order valence-electron chi connectivity index (χ0n) is 14.7. The Kier molecular flexibility index (Phi) is 4.79. The minimum absolute atomic E-state index is 0.113. The maximum absolute atomic E-state index is 12.3. The van der Waals surface area contributed by atoms with Crippen molar-refractivity contribution in [1.82, 2.24) is 19.1 Å². The molecule has 2 heterocycles. The largest absolute Gasteiger partial charge is 0.479 e. The lowest BCUT2D eigenvalue weighted by molar-refractivity contribution is 0.395. The number of hydrogen-bond acceptors (Lipinski definition) is 5. The van der Waals surface area contributed by atoms with Crippen molar-refractivity contribution in [3.05, 3.63) is 74.6 Å². The second kappa shape index (κ2) is 7.18. The number of nitrogens with zero attached hydrogens (tertiary/aromatic N) is 4. The first-order valence-electron chi connectivity index (χ1n) is 7.94. The molecular formula is C19H18N4O3. The summed E-state index contributed by atoms with van der Waals surface area (Å²) in [6, 6.07) is 9.86. The maximum atomic E-state index is 12.3. The molecular weight excluding hydrogens is 332 g/mol. The van der Waals surface area contributed by atoms with Gasteiger partial charge in [-0.15, -0.1) is 0 Å². The van der Waals surface area contributed by atoms with E-state index in [1.165, 1.54) is 25.8 Å². The van der Waals surface area contributed by atoms with Crippen LogP contribution in [-0.2, 0) is 14.1 Å². The molecule has 0 aliphatic carbocycles. The van der Waals surface area contributed by atoms with E-state index in [9.17, 15) is 9.59 Å².